The number of thioether (sulfide) groups is 1. The summed E-state index contributed by atoms with van der Waals surface area (Å²) in [4.78, 5) is 4.11. The van der Waals surface area contributed by atoms with E-state index in [9.17, 15) is 0 Å². The maximum Gasteiger partial charge on any atom is 0.0108 e. The van der Waals surface area contributed by atoms with Crippen molar-refractivity contribution in [2.75, 3.05) is 25.4 Å². The van der Waals surface area contributed by atoms with E-state index in [1.165, 1.54) is 43.1 Å². The van der Waals surface area contributed by atoms with Gasteiger partial charge < -0.3 is 4.90 Å². The predicted octanol–water partition coefficient (Wildman–Crippen LogP) is 4.00. The van der Waals surface area contributed by atoms with Crippen LogP contribution in [0.2, 0.25) is 0 Å². The van der Waals surface area contributed by atoms with Crippen LogP contribution in [0.25, 0.3) is 0 Å². The van der Waals surface area contributed by atoms with Crippen LogP contribution in [0.1, 0.15) is 38.2 Å². The van der Waals surface area contributed by atoms with Gasteiger partial charge in [-0.3, -0.25) is 0 Å². The summed E-state index contributed by atoms with van der Waals surface area (Å²) in [6.45, 7) is 8.23. The van der Waals surface area contributed by atoms with Gasteiger partial charge in [-0.1, -0.05) is 38.5 Å². The van der Waals surface area contributed by atoms with Gasteiger partial charge in [0, 0.05) is 23.1 Å². The molecule has 0 spiro atoms. The average Bonchev–Trinajstić information content (AvgIpc) is 2.78. The second-order valence-electron chi connectivity index (χ2n) is 4.79. The molecule has 0 saturated carbocycles. The molecule has 17 heavy (non-hydrogen) atoms. The van der Waals surface area contributed by atoms with Gasteiger partial charge in [0.1, 0.15) is 0 Å². The number of benzene rings is 1. The summed E-state index contributed by atoms with van der Waals surface area (Å²) in [6, 6.07) is 8.92. The third-order valence-electron chi connectivity index (χ3n) is 3.55. The number of likely N-dealkylation sites (N-methyl/N-ethyl adjacent to an activating group) is 1. The van der Waals surface area contributed by atoms with Crippen molar-refractivity contribution in [1.29, 1.82) is 0 Å². The van der Waals surface area contributed by atoms with E-state index in [-0.39, 0.29) is 0 Å². The van der Waals surface area contributed by atoms with Crippen molar-refractivity contribution in [1.82, 2.24) is 4.90 Å². The Bertz CT molecular complexity index is 351. The Morgan fingerprint density at radius 2 is 2.12 bits per heavy atom. The Morgan fingerprint density at radius 1 is 1.29 bits per heavy atom. The van der Waals surface area contributed by atoms with Crippen molar-refractivity contribution >= 4 is 11.8 Å². The lowest BCUT2D eigenvalue weighted by atomic mass is 10.0. The second kappa shape index (κ2) is 6.46. The highest BCUT2D eigenvalue weighted by Gasteiger charge is 2.23. The summed E-state index contributed by atoms with van der Waals surface area (Å²) in [5, 5.41) is 0. The number of unbranched alkanes of at least 4 members (excludes halogenated alkanes) is 1. The fourth-order valence-corrected chi connectivity index (χ4v) is 3.69. The SMILES string of the molecule is CCCCN(CC)CC1CSc2ccccc21. The lowest BCUT2D eigenvalue weighted by Crippen LogP contribution is -2.29. The molecule has 1 aliphatic rings. The van der Waals surface area contributed by atoms with E-state index in [1.54, 1.807) is 5.56 Å². The van der Waals surface area contributed by atoms with E-state index in [4.69, 9.17) is 0 Å². The molecule has 0 bridgehead atoms. The van der Waals surface area contributed by atoms with Crippen LogP contribution >= 0.6 is 11.8 Å². The summed E-state index contributed by atoms with van der Waals surface area (Å²) in [6.07, 6.45) is 2.63. The minimum Gasteiger partial charge on any atom is -0.303 e. The van der Waals surface area contributed by atoms with E-state index < -0.39 is 0 Å². The zero-order chi connectivity index (χ0) is 12.1. The number of hydrogen-bond acceptors (Lipinski definition) is 2. The van der Waals surface area contributed by atoms with Crippen molar-refractivity contribution in [3.63, 3.8) is 0 Å². The molecule has 0 amide bonds. The first-order chi connectivity index (χ1) is 8.35. The van der Waals surface area contributed by atoms with Crippen molar-refractivity contribution in [3.8, 4) is 0 Å². The van der Waals surface area contributed by atoms with Crippen LogP contribution in [0.3, 0.4) is 0 Å². The summed E-state index contributed by atoms with van der Waals surface area (Å²) >= 11 is 2.03. The van der Waals surface area contributed by atoms with Crippen LogP contribution in [0, 0.1) is 0 Å². The van der Waals surface area contributed by atoms with E-state index >= 15 is 0 Å². The third-order valence-corrected chi connectivity index (χ3v) is 4.80. The number of fused-ring (bicyclic) bond motifs is 1. The van der Waals surface area contributed by atoms with Gasteiger partial charge in [-0.05, 0) is 31.1 Å². The van der Waals surface area contributed by atoms with Gasteiger partial charge in [0.25, 0.3) is 0 Å². The zero-order valence-electron chi connectivity index (χ0n) is 11.0. The van der Waals surface area contributed by atoms with Crippen LogP contribution in [-0.2, 0) is 0 Å². The molecule has 0 aromatic heterocycles. The molecule has 0 fully saturated rings. The van der Waals surface area contributed by atoms with Crippen LogP contribution in [0.15, 0.2) is 29.2 Å². The molecule has 1 heterocycles. The molecule has 1 aliphatic heterocycles. The van der Waals surface area contributed by atoms with Crippen molar-refractivity contribution in [3.05, 3.63) is 29.8 Å². The molecule has 2 heteroatoms. The summed E-state index contributed by atoms with van der Waals surface area (Å²) in [5.41, 5.74) is 1.58. The molecule has 1 nitrogen and oxygen atoms in total. The van der Waals surface area contributed by atoms with Gasteiger partial charge in [-0.15, -0.1) is 11.8 Å². The number of hydrogen-bond donors (Lipinski definition) is 0. The average molecular weight is 249 g/mol. The first kappa shape index (κ1) is 13.0. The standard InChI is InChI=1S/C15H23NS/c1-3-5-10-16(4-2)11-13-12-17-15-9-7-6-8-14(13)15/h6-9,13H,3-5,10-12H2,1-2H3. The third kappa shape index (κ3) is 3.26. The van der Waals surface area contributed by atoms with Crippen molar-refractivity contribution < 1.29 is 0 Å². The van der Waals surface area contributed by atoms with Crippen LogP contribution in [0.5, 0.6) is 0 Å². The van der Waals surface area contributed by atoms with Gasteiger partial charge in [-0.25, -0.2) is 0 Å². The summed E-state index contributed by atoms with van der Waals surface area (Å²) < 4.78 is 0. The Balaban J connectivity index is 1.95. The van der Waals surface area contributed by atoms with Gasteiger partial charge in [0.2, 0.25) is 0 Å². The Kier molecular flexibility index (Phi) is 4.93. The topological polar surface area (TPSA) is 3.24 Å². The molecule has 1 aromatic rings. The lowest BCUT2D eigenvalue weighted by molar-refractivity contribution is 0.271. The molecule has 94 valence electrons. The van der Waals surface area contributed by atoms with Gasteiger partial charge in [0.15, 0.2) is 0 Å². The highest BCUT2D eigenvalue weighted by Crippen LogP contribution is 2.39. The molecule has 0 saturated heterocycles. The van der Waals surface area contributed by atoms with Gasteiger partial charge >= 0.3 is 0 Å². The smallest absolute Gasteiger partial charge is 0.0108 e. The molecule has 0 aliphatic carbocycles. The normalized spacial score (nSPS) is 18.6. The van der Waals surface area contributed by atoms with Crippen molar-refractivity contribution in [2.45, 2.75) is 37.5 Å². The van der Waals surface area contributed by atoms with Crippen molar-refractivity contribution in [2.24, 2.45) is 0 Å². The molecular formula is C15H23NS. The lowest BCUT2D eigenvalue weighted by Gasteiger charge is -2.24. The molecule has 0 N–H and O–H groups in total. The molecule has 1 aromatic carbocycles. The molecular weight excluding hydrogens is 226 g/mol. The second-order valence-corrected chi connectivity index (χ2v) is 5.85. The molecule has 1 atom stereocenters. The molecule has 1 unspecified atom stereocenters. The Hall–Kier alpha value is -0.470. The van der Waals surface area contributed by atoms with Crippen LogP contribution < -0.4 is 0 Å². The Labute approximate surface area is 110 Å². The Morgan fingerprint density at radius 3 is 2.88 bits per heavy atom. The first-order valence-corrected chi connectivity index (χ1v) is 7.77. The van der Waals surface area contributed by atoms with Gasteiger partial charge in [0.05, 0.1) is 0 Å². The quantitative estimate of drug-likeness (QED) is 0.750. The fourth-order valence-electron chi connectivity index (χ4n) is 2.45. The number of nitrogens with zero attached hydrogens (tertiary/aromatic N) is 1. The molecule has 0 radical (unpaired) electrons. The monoisotopic (exact) mass is 249 g/mol. The highest BCUT2D eigenvalue weighted by molar-refractivity contribution is 7.99. The minimum absolute atomic E-state index is 0.744. The first-order valence-electron chi connectivity index (χ1n) is 6.79. The molecule has 2 rings (SSSR count). The van der Waals surface area contributed by atoms with Crippen LogP contribution in [-0.4, -0.2) is 30.3 Å². The fraction of sp³-hybridized carbons (Fsp3) is 0.600. The van der Waals surface area contributed by atoms with E-state index in [0.29, 0.717) is 0 Å². The zero-order valence-corrected chi connectivity index (χ0v) is 11.8. The maximum atomic E-state index is 2.61. The maximum absolute atomic E-state index is 2.61. The van der Waals surface area contributed by atoms with Crippen LogP contribution in [0.4, 0.5) is 0 Å². The van der Waals surface area contributed by atoms with E-state index in [1.807, 2.05) is 11.8 Å². The van der Waals surface area contributed by atoms with Gasteiger partial charge in [-0.2, -0.15) is 0 Å². The van der Waals surface area contributed by atoms with E-state index in [0.717, 1.165) is 5.92 Å². The number of rotatable bonds is 6. The van der Waals surface area contributed by atoms with E-state index in [2.05, 4.69) is 43.0 Å². The summed E-state index contributed by atoms with van der Waals surface area (Å²) in [7, 11) is 0. The summed E-state index contributed by atoms with van der Waals surface area (Å²) in [5.74, 6) is 2.01. The highest BCUT2D eigenvalue weighted by atomic mass is 32.2. The predicted molar refractivity (Wildman–Crippen MR) is 76.9 cm³/mol. The largest absolute Gasteiger partial charge is 0.303 e. The minimum atomic E-state index is 0.744.